The van der Waals surface area contributed by atoms with Gasteiger partial charge in [-0.3, -0.25) is 0 Å². The average Bonchev–Trinajstić information content (AvgIpc) is 1.85. The van der Waals surface area contributed by atoms with Gasteiger partial charge in [-0.2, -0.15) is 0 Å². The smallest absolute Gasteiger partial charge is 0.216 e. The van der Waals surface area contributed by atoms with Crippen LogP contribution in [0.1, 0.15) is 6.92 Å². The van der Waals surface area contributed by atoms with Gasteiger partial charge in [0.05, 0.1) is 6.61 Å². The Labute approximate surface area is 75.1 Å². The summed E-state index contributed by atoms with van der Waals surface area (Å²) in [6, 6.07) is 3.18. The Kier molecular flexibility index (Phi) is 2.97. The number of nitrogens with zero attached hydrogens (tertiary/aromatic N) is 1. The van der Waals surface area contributed by atoms with Crippen molar-refractivity contribution >= 4 is 23.2 Å². The maximum Gasteiger partial charge on any atom is 0.216 e. The van der Waals surface area contributed by atoms with Crippen molar-refractivity contribution in [3.8, 4) is 5.88 Å². The van der Waals surface area contributed by atoms with E-state index in [2.05, 4.69) is 4.98 Å². The fraction of sp³-hybridized carbons (Fsp3) is 0.286. The lowest BCUT2D eigenvalue weighted by Gasteiger charge is -2.01. The maximum atomic E-state index is 5.68. The number of pyridine rings is 1. The lowest BCUT2D eigenvalue weighted by molar-refractivity contribution is 0.327. The third kappa shape index (κ3) is 2.56. The highest BCUT2D eigenvalue weighted by Gasteiger charge is 1.98. The number of aromatic nitrogens is 1. The quantitative estimate of drug-likeness (QED) is 0.672. The van der Waals surface area contributed by atoms with Crippen LogP contribution in [0, 0.1) is 0 Å². The maximum absolute atomic E-state index is 5.68. The fourth-order valence-electron chi connectivity index (χ4n) is 0.665. The van der Waals surface area contributed by atoms with E-state index in [4.69, 9.17) is 27.9 Å². The SMILES string of the molecule is CCOc1cc(Cl)cc(Cl)n1. The molecule has 0 aliphatic carbocycles. The molecule has 0 radical (unpaired) electrons. The molecule has 0 unspecified atom stereocenters. The largest absolute Gasteiger partial charge is 0.478 e. The highest BCUT2D eigenvalue weighted by molar-refractivity contribution is 6.34. The summed E-state index contributed by atoms with van der Waals surface area (Å²) < 4.78 is 5.09. The van der Waals surface area contributed by atoms with E-state index in [0.29, 0.717) is 22.7 Å². The molecule has 0 N–H and O–H groups in total. The summed E-state index contributed by atoms with van der Waals surface area (Å²) in [6.07, 6.45) is 0. The van der Waals surface area contributed by atoms with Crippen LogP contribution in [0.15, 0.2) is 12.1 Å². The standard InChI is InChI=1S/C7H7Cl2NO/c1-2-11-7-4-5(8)3-6(9)10-7/h3-4H,2H2,1H3. The van der Waals surface area contributed by atoms with Gasteiger partial charge in [-0.1, -0.05) is 23.2 Å². The lowest BCUT2D eigenvalue weighted by atomic mass is 10.5. The van der Waals surface area contributed by atoms with Gasteiger partial charge in [0, 0.05) is 11.1 Å². The molecule has 11 heavy (non-hydrogen) atoms. The van der Waals surface area contributed by atoms with Crippen molar-refractivity contribution in [1.82, 2.24) is 4.98 Å². The normalized spacial score (nSPS) is 9.73. The van der Waals surface area contributed by atoms with Crippen molar-refractivity contribution in [1.29, 1.82) is 0 Å². The van der Waals surface area contributed by atoms with E-state index in [1.807, 2.05) is 6.92 Å². The van der Waals surface area contributed by atoms with Crippen molar-refractivity contribution in [2.24, 2.45) is 0 Å². The zero-order valence-corrected chi connectivity index (χ0v) is 7.49. The summed E-state index contributed by atoms with van der Waals surface area (Å²) in [6.45, 7) is 2.43. The Balaban J connectivity index is 2.89. The Hall–Kier alpha value is -0.470. The monoisotopic (exact) mass is 191 g/mol. The highest BCUT2D eigenvalue weighted by Crippen LogP contribution is 2.19. The van der Waals surface area contributed by atoms with Gasteiger partial charge in [0.15, 0.2) is 0 Å². The van der Waals surface area contributed by atoms with Crippen LogP contribution in [0.5, 0.6) is 5.88 Å². The molecule has 0 aliphatic rings. The molecule has 1 aromatic rings. The highest BCUT2D eigenvalue weighted by atomic mass is 35.5. The summed E-state index contributed by atoms with van der Waals surface area (Å²) >= 11 is 11.3. The molecule has 0 bridgehead atoms. The predicted octanol–water partition coefficient (Wildman–Crippen LogP) is 2.79. The molecule has 0 saturated carbocycles. The summed E-state index contributed by atoms with van der Waals surface area (Å²) in [7, 11) is 0. The number of halogens is 2. The first-order valence-electron chi connectivity index (χ1n) is 3.18. The first-order chi connectivity index (χ1) is 5.22. The third-order valence-electron chi connectivity index (χ3n) is 1.03. The number of hydrogen-bond donors (Lipinski definition) is 0. The van der Waals surface area contributed by atoms with Crippen LogP contribution >= 0.6 is 23.2 Å². The Morgan fingerprint density at radius 3 is 2.73 bits per heavy atom. The van der Waals surface area contributed by atoms with Crippen molar-refractivity contribution in [2.75, 3.05) is 6.61 Å². The Morgan fingerprint density at radius 1 is 1.45 bits per heavy atom. The fourth-order valence-corrected chi connectivity index (χ4v) is 1.12. The Bertz CT molecular complexity index is 232. The average molecular weight is 192 g/mol. The molecule has 2 nitrogen and oxygen atoms in total. The first-order valence-corrected chi connectivity index (χ1v) is 3.94. The summed E-state index contributed by atoms with van der Waals surface area (Å²) in [5.74, 6) is 0.463. The van der Waals surface area contributed by atoms with E-state index in [1.54, 1.807) is 12.1 Å². The van der Waals surface area contributed by atoms with Crippen LogP contribution < -0.4 is 4.74 Å². The molecular weight excluding hydrogens is 185 g/mol. The van der Waals surface area contributed by atoms with Crippen molar-refractivity contribution < 1.29 is 4.74 Å². The van der Waals surface area contributed by atoms with Gasteiger partial charge < -0.3 is 4.74 Å². The van der Waals surface area contributed by atoms with Gasteiger partial charge in [-0.15, -0.1) is 0 Å². The van der Waals surface area contributed by atoms with Crippen molar-refractivity contribution in [3.05, 3.63) is 22.3 Å². The zero-order valence-electron chi connectivity index (χ0n) is 5.97. The molecule has 0 atom stereocenters. The summed E-state index contributed by atoms with van der Waals surface area (Å²) in [5.41, 5.74) is 0. The lowest BCUT2D eigenvalue weighted by Crippen LogP contribution is -1.93. The van der Waals surface area contributed by atoms with E-state index >= 15 is 0 Å². The molecule has 0 saturated heterocycles. The second-order valence-corrected chi connectivity index (χ2v) is 2.70. The van der Waals surface area contributed by atoms with E-state index < -0.39 is 0 Å². The van der Waals surface area contributed by atoms with E-state index in [0.717, 1.165) is 0 Å². The number of rotatable bonds is 2. The second-order valence-electron chi connectivity index (χ2n) is 1.88. The molecule has 0 aromatic carbocycles. The topological polar surface area (TPSA) is 22.1 Å². The minimum absolute atomic E-state index is 0.348. The molecule has 0 amide bonds. The van der Waals surface area contributed by atoms with E-state index in [-0.39, 0.29) is 0 Å². The van der Waals surface area contributed by atoms with Crippen LogP contribution in [0.4, 0.5) is 0 Å². The molecular formula is C7H7Cl2NO. The van der Waals surface area contributed by atoms with Crippen LogP contribution in [0.2, 0.25) is 10.2 Å². The van der Waals surface area contributed by atoms with E-state index in [9.17, 15) is 0 Å². The van der Waals surface area contributed by atoms with Gasteiger partial charge in [0.1, 0.15) is 5.15 Å². The second kappa shape index (κ2) is 3.79. The molecule has 60 valence electrons. The molecule has 1 rings (SSSR count). The summed E-state index contributed by atoms with van der Waals surface area (Å²) in [5, 5.41) is 0.884. The minimum Gasteiger partial charge on any atom is -0.478 e. The predicted molar refractivity (Wildman–Crippen MR) is 45.4 cm³/mol. The number of hydrogen-bond acceptors (Lipinski definition) is 2. The third-order valence-corrected chi connectivity index (χ3v) is 1.44. The summed E-state index contributed by atoms with van der Waals surface area (Å²) in [4.78, 5) is 3.88. The molecule has 1 aromatic heterocycles. The zero-order chi connectivity index (χ0) is 8.27. The van der Waals surface area contributed by atoms with Crippen LogP contribution in [-0.4, -0.2) is 11.6 Å². The molecule has 0 spiro atoms. The van der Waals surface area contributed by atoms with Crippen LogP contribution in [0.3, 0.4) is 0 Å². The van der Waals surface area contributed by atoms with Gasteiger partial charge in [0.25, 0.3) is 0 Å². The first kappa shape index (κ1) is 8.62. The van der Waals surface area contributed by atoms with Crippen molar-refractivity contribution in [2.45, 2.75) is 6.92 Å². The molecule has 1 heterocycles. The van der Waals surface area contributed by atoms with Crippen molar-refractivity contribution in [3.63, 3.8) is 0 Å². The molecule has 0 aliphatic heterocycles. The Morgan fingerprint density at radius 2 is 2.18 bits per heavy atom. The number of ether oxygens (including phenoxy) is 1. The molecule has 4 heteroatoms. The van der Waals surface area contributed by atoms with Gasteiger partial charge in [-0.25, -0.2) is 4.98 Å². The molecule has 0 fully saturated rings. The van der Waals surface area contributed by atoms with E-state index in [1.165, 1.54) is 0 Å². The van der Waals surface area contributed by atoms with Gasteiger partial charge >= 0.3 is 0 Å². The van der Waals surface area contributed by atoms with Crippen LogP contribution in [-0.2, 0) is 0 Å². The van der Waals surface area contributed by atoms with Crippen LogP contribution in [0.25, 0.3) is 0 Å². The van der Waals surface area contributed by atoms with Gasteiger partial charge in [-0.05, 0) is 13.0 Å². The minimum atomic E-state index is 0.348. The van der Waals surface area contributed by atoms with Gasteiger partial charge in [0.2, 0.25) is 5.88 Å².